The summed E-state index contributed by atoms with van der Waals surface area (Å²) in [4.78, 5) is 19.8. The minimum atomic E-state index is -0.165. The van der Waals surface area contributed by atoms with Crippen LogP contribution in [0.15, 0.2) is 83.8 Å². The Labute approximate surface area is 175 Å². The molecule has 150 valence electrons. The van der Waals surface area contributed by atoms with Crippen molar-refractivity contribution in [2.75, 3.05) is 13.1 Å². The lowest BCUT2D eigenvalue weighted by atomic mass is 10.1. The maximum Gasteiger partial charge on any atom is 0.259 e. The first-order valence-corrected chi connectivity index (χ1v) is 10.3. The quantitative estimate of drug-likeness (QED) is 0.490. The highest BCUT2D eigenvalue weighted by atomic mass is 16.5. The molecule has 0 aliphatic carbocycles. The lowest BCUT2D eigenvalue weighted by Gasteiger charge is -2.30. The smallest absolute Gasteiger partial charge is 0.259 e. The molecule has 0 amide bonds. The van der Waals surface area contributed by atoms with Crippen LogP contribution >= 0.6 is 0 Å². The van der Waals surface area contributed by atoms with Crippen molar-refractivity contribution < 1.29 is 4.74 Å². The topological polar surface area (TPSA) is 47.4 Å². The fraction of sp³-hybridized carbons (Fsp3) is 0.200. The van der Waals surface area contributed by atoms with Crippen LogP contribution in [0.5, 0.6) is 5.75 Å². The standard InChI is InChI=1S/C25H23N3O2/c29-25-16-22(30-18-19-5-2-1-3-6-19)11-14-28(25)24-10-8-21-15-20(7-9-23(21)26-24)17-27-12-4-13-27/h1-3,5-11,14-16H,4,12-13,17-18H2. The maximum absolute atomic E-state index is 12.6. The second-order valence-corrected chi connectivity index (χ2v) is 7.67. The molecule has 0 radical (unpaired) electrons. The molecule has 5 rings (SSSR count). The molecule has 2 aromatic carbocycles. The van der Waals surface area contributed by atoms with Gasteiger partial charge in [0.2, 0.25) is 0 Å². The summed E-state index contributed by atoms with van der Waals surface area (Å²) in [5.74, 6) is 1.16. The summed E-state index contributed by atoms with van der Waals surface area (Å²) in [5, 5.41) is 1.09. The molecule has 0 unspecified atom stereocenters. The molecule has 5 nitrogen and oxygen atoms in total. The maximum atomic E-state index is 12.6. The third kappa shape index (κ3) is 3.98. The number of aromatic nitrogens is 2. The molecule has 1 fully saturated rings. The van der Waals surface area contributed by atoms with E-state index in [1.54, 1.807) is 16.8 Å². The van der Waals surface area contributed by atoms with E-state index in [0.717, 1.165) is 23.0 Å². The Balaban J connectivity index is 1.35. The molecule has 0 spiro atoms. The average molecular weight is 397 g/mol. The molecule has 0 atom stereocenters. The van der Waals surface area contributed by atoms with Gasteiger partial charge in [-0.05, 0) is 61.0 Å². The second-order valence-electron chi connectivity index (χ2n) is 7.67. The molecule has 2 aromatic heterocycles. The molecule has 1 saturated heterocycles. The lowest BCUT2D eigenvalue weighted by molar-refractivity contribution is 0.172. The monoisotopic (exact) mass is 397 g/mol. The molecule has 1 aliphatic rings. The Hall–Kier alpha value is -3.44. The fourth-order valence-corrected chi connectivity index (χ4v) is 3.68. The largest absolute Gasteiger partial charge is 0.489 e. The van der Waals surface area contributed by atoms with Gasteiger partial charge < -0.3 is 4.74 Å². The van der Waals surface area contributed by atoms with Crippen LogP contribution in [0.4, 0.5) is 0 Å². The van der Waals surface area contributed by atoms with Gasteiger partial charge >= 0.3 is 0 Å². The van der Waals surface area contributed by atoms with Gasteiger partial charge in [-0.1, -0.05) is 36.4 Å². The first-order valence-electron chi connectivity index (χ1n) is 10.3. The van der Waals surface area contributed by atoms with Gasteiger partial charge in [0, 0.05) is 24.2 Å². The molecular weight excluding hydrogens is 374 g/mol. The van der Waals surface area contributed by atoms with Gasteiger partial charge in [-0.15, -0.1) is 0 Å². The van der Waals surface area contributed by atoms with Crippen molar-refractivity contribution in [3.63, 3.8) is 0 Å². The summed E-state index contributed by atoms with van der Waals surface area (Å²) in [6.07, 6.45) is 3.01. The second kappa shape index (κ2) is 8.13. The number of benzene rings is 2. The van der Waals surface area contributed by atoms with Crippen molar-refractivity contribution >= 4 is 10.9 Å². The minimum absolute atomic E-state index is 0.165. The number of rotatable bonds is 6. The highest BCUT2D eigenvalue weighted by molar-refractivity contribution is 5.80. The number of likely N-dealkylation sites (tertiary alicyclic amines) is 1. The summed E-state index contributed by atoms with van der Waals surface area (Å²) in [6.45, 7) is 3.78. The van der Waals surface area contributed by atoms with E-state index in [4.69, 9.17) is 9.72 Å². The predicted molar refractivity (Wildman–Crippen MR) is 118 cm³/mol. The van der Waals surface area contributed by atoms with Crippen LogP contribution in [0.25, 0.3) is 16.7 Å². The molecule has 4 aromatic rings. The molecule has 0 bridgehead atoms. The number of hydrogen-bond donors (Lipinski definition) is 0. The van der Waals surface area contributed by atoms with Crippen molar-refractivity contribution in [3.05, 3.63) is 100 Å². The summed E-state index contributed by atoms with van der Waals surface area (Å²) < 4.78 is 7.30. The highest BCUT2D eigenvalue weighted by Crippen LogP contribution is 2.19. The van der Waals surface area contributed by atoms with Gasteiger partial charge in [0.1, 0.15) is 18.2 Å². The number of pyridine rings is 2. The number of nitrogens with zero attached hydrogens (tertiary/aromatic N) is 3. The van der Waals surface area contributed by atoms with E-state index in [1.165, 1.54) is 31.1 Å². The van der Waals surface area contributed by atoms with Gasteiger partial charge in [0.15, 0.2) is 0 Å². The summed E-state index contributed by atoms with van der Waals surface area (Å²) >= 11 is 0. The zero-order chi connectivity index (χ0) is 20.3. The van der Waals surface area contributed by atoms with Crippen LogP contribution in [0.2, 0.25) is 0 Å². The molecular formula is C25H23N3O2. The van der Waals surface area contributed by atoms with Crippen LogP contribution in [-0.4, -0.2) is 27.5 Å². The van der Waals surface area contributed by atoms with E-state index >= 15 is 0 Å². The van der Waals surface area contributed by atoms with Crippen LogP contribution in [-0.2, 0) is 13.2 Å². The zero-order valence-corrected chi connectivity index (χ0v) is 16.7. The minimum Gasteiger partial charge on any atom is -0.489 e. The summed E-state index contributed by atoms with van der Waals surface area (Å²) in [7, 11) is 0. The van der Waals surface area contributed by atoms with Gasteiger partial charge in [-0.3, -0.25) is 14.3 Å². The average Bonchev–Trinajstić information content (AvgIpc) is 2.75. The molecule has 3 heterocycles. The van der Waals surface area contributed by atoms with Gasteiger partial charge in [0.05, 0.1) is 5.52 Å². The molecule has 30 heavy (non-hydrogen) atoms. The fourth-order valence-electron chi connectivity index (χ4n) is 3.68. The predicted octanol–water partition coefficient (Wildman–Crippen LogP) is 4.17. The van der Waals surface area contributed by atoms with Crippen molar-refractivity contribution in [1.29, 1.82) is 0 Å². The van der Waals surface area contributed by atoms with Crippen molar-refractivity contribution in [1.82, 2.24) is 14.5 Å². The van der Waals surface area contributed by atoms with Crippen LogP contribution in [0.1, 0.15) is 17.5 Å². The molecule has 1 aliphatic heterocycles. The number of hydrogen-bond acceptors (Lipinski definition) is 4. The molecule has 0 saturated carbocycles. The SMILES string of the molecule is O=c1cc(OCc2ccccc2)ccn1-c1ccc2cc(CN3CCC3)ccc2n1. The van der Waals surface area contributed by atoms with Crippen LogP contribution in [0.3, 0.4) is 0 Å². The Morgan fingerprint density at radius 2 is 1.77 bits per heavy atom. The number of ether oxygens (including phenoxy) is 1. The van der Waals surface area contributed by atoms with E-state index < -0.39 is 0 Å². The van der Waals surface area contributed by atoms with Crippen LogP contribution < -0.4 is 10.3 Å². The normalized spacial score (nSPS) is 13.9. The Morgan fingerprint density at radius 3 is 2.53 bits per heavy atom. The van der Waals surface area contributed by atoms with Crippen LogP contribution in [0, 0.1) is 0 Å². The van der Waals surface area contributed by atoms with E-state index in [9.17, 15) is 4.79 Å². The highest BCUT2D eigenvalue weighted by Gasteiger charge is 2.14. The number of fused-ring (bicyclic) bond motifs is 1. The Bertz CT molecular complexity index is 1230. The Morgan fingerprint density at radius 1 is 0.900 bits per heavy atom. The first kappa shape index (κ1) is 18.6. The van der Waals surface area contributed by atoms with Gasteiger partial charge in [-0.25, -0.2) is 4.98 Å². The van der Waals surface area contributed by atoms with E-state index in [0.29, 0.717) is 18.2 Å². The Kier molecular flexibility index (Phi) is 5.03. The summed E-state index contributed by atoms with van der Waals surface area (Å²) in [6, 6.07) is 23.5. The third-order valence-electron chi connectivity index (χ3n) is 5.48. The summed E-state index contributed by atoms with van der Waals surface area (Å²) in [5.41, 5.74) is 3.08. The molecule has 0 N–H and O–H groups in total. The van der Waals surface area contributed by atoms with Crippen molar-refractivity contribution in [2.45, 2.75) is 19.6 Å². The zero-order valence-electron chi connectivity index (χ0n) is 16.7. The third-order valence-corrected chi connectivity index (χ3v) is 5.48. The van der Waals surface area contributed by atoms with Gasteiger partial charge in [0.25, 0.3) is 5.56 Å². The van der Waals surface area contributed by atoms with Crippen molar-refractivity contribution in [2.24, 2.45) is 0 Å². The van der Waals surface area contributed by atoms with Crippen molar-refractivity contribution in [3.8, 4) is 11.6 Å². The van der Waals surface area contributed by atoms with E-state index in [-0.39, 0.29) is 5.56 Å². The van der Waals surface area contributed by atoms with Gasteiger partial charge in [-0.2, -0.15) is 0 Å². The lowest BCUT2D eigenvalue weighted by Crippen LogP contribution is -2.36. The first-order chi connectivity index (χ1) is 14.7. The molecule has 5 heteroatoms. The van der Waals surface area contributed by atoms with E-state index in [2.05, 4.69) is 17.0 Å². The van der Waals surface area contributed by atoms with E-state index in [1.807, 2.05) is 48.5 Å².